The molecule has 1 aliphatic rings. The summed E-state index contributed by atoms with van der Waals surface area (Å²) < 4.78 is 5.10. The highest BCUT2D eigenvalue weighted by Crippen LogP contribution is 2.28. The summed E-state index contributed by atoms with van der Waals surface area (Å²) in [4.78, 5) is 32.6. The molecule has 1 fully saturated rings. The molecule has 152 valence electrons. The molecule has 28 heavy (non-hydrogen) atoms. The van der Waals surface area contributed by atoms with Crippen LogP contribution in [0.1, 0.15) is 77.0 Å². The summed E-state index contributed by atoms with van der Waals surface area (Å²) in [7, 11) is 0. The maximum absolute atomic E-state index is 12.8. The number of Topliss-reactive ketones (excluding diaryl/α,β-unsaturated/α-hetero) is 1. The van der Waals surface area contributed by atoms with Gasteiger partial charge in [0.2, 0.25) is 5.16 Å². The second-order valence-electron chi connectivity index (χ2n) is 7.31. The van der Waals surface area contributed by atoms with Crippen molar-refractivity contribution >= 4 is 23.5 Å². The number of ether oxygens (including phenoxy) is 1. The van der Waals surface area contributed by atoms with Crippen LogP contribution in [0.15, 0.2) is 5.16 Å². The van der Waals surface area contributed by atoms with Gasteiger partial charge in [-0.3, -0.25) is 9.89 Å². The Morgan fingerprint density at radius 1 is 1.18 bits per heavy atom. The van der Waals surface area contributed by atoms with E-state index in [0.717, 1.165) is 24.6 Å². The molecule has 8 heteroatoms. The molecule has 1 aliphatic carbocycles. The monoisotopic (exact) mass is 404 g/mol. The van der Waals surface area contributed by atoms with Gasteiger partial charge in [0, 0.05) is 17.8 Å². The Morgan fingerprint density at radius 3 is 2.61 bits per heavy atom. The molecule has 2 aromatic rings. The van der Waals surface area contributed by atoms with Gasteiger partial charge < -0.3 is 9.72 Å². The number of carbonyl (C=O) groups excluding carboxylic acids is 2. The van der Waals surface area contributed by atoms with Crippen molar-refractivity contribution in [1.82, 2.24) is 20.2 Å². The molecular weight excluding hydrogens is 376 g/mol. The van der Waals surface area contributed by atoms with E-state index in [0.29, 0.717) is 27.7 Å². The zero-order chi connectivity index (χ0) is 20.1. The number of hydrogen-bond acceptors (Lipinski definition) is 6. The third-order valence-corrected chi connectivity index (χ3v) is 6.09. The van der Waals surface area contributed by atoms with Gasteiger partial charge in [-0.25, -0.2) is 9.78 Å². The summed E-state index contributed by atoms with van der Waals surface area (Å²) in [5, 5.41) is 7.77. The van der Waals surface area contributed by atoms with Crippen LogP contribution >= 0.6 is 11.8 Å². The van der Waals surface area contributed by atoms with Crippen molar-refractivity contribution in [3.63, 3.8) is 0 Å². The molecule has 0 aromatic carbocycles. The summed E-state index contributed by atoms with van der Waals surface area (Å²) >= 11 is 1.29. The smallest absolute Gasteiger partial charge is 0.340 e. The lowest BCUT2D eigenvalue weighted by Gasteiger charge is -2.05. The van der Waals surface area contributed by atoms with Crippen LogP contribution in [-0.4, -0.2) is 44.3 Å². The van der Waals surface area contributed by atoms with Crippen LogP contribution in [0.3, 0.4) is 0 Å². The first kappa shape index (κ1) is 20.6. The van der Waals surface area contributed by atoms with Crippen LogP contribution in [0.4, 0.5) is 0 Å². The molecule has 0 aliphatic heterocycles. The summed E-state index contributed by atoms with van der Waals surface area (Å²) in [5.74, 6) is 1.26. The average molecular weight is 405 g/mol. The van der Waals surface area contributed by atoms with Gasteiger partial charge >= 0.3 is 5.97 Å². The predicted octanol–water partition coefficient (Wildman–Crippen LogP) is 4.02. The molecule has 0 amide bonds. The number of ketones is 1. The van der Waals surface area contributed by atoms with Gasteiger partial charge in [-0.1, -0.05) is 37.4 Å². The summed E-state index contributed by atoms with van der Waals surface area (Å²) in [6, 6.07) is 0. The van der Waals surface area contributed by atoms with Gasteiger partial charge in [0.05, 0.1) is 23.5 Å². The van der Waals surface area contributed by atoms with E-state index in [1.54, 1.807) is 20.8 Å². The van der Waals surface area contributed by atoms with Crippen molar-refractivity contribution in [2.45, 2.75) is 64.5 Å². The predicted molar refractivity (Wildman–Crippen MR) is 108 cm³/mol. The quantitative estimate of drug-likeness (QED) is 0.372. The highest BCUT2D eigenvalue weighted by molar-refractivity contribution is 7.99. The van der Waals surface area contributed by atoms with Crippen molar-refractivity contribution in [2.24, 2.45) is 5.92 Å². The Kier molecular flexibility index (Phi) is 6.93. The largest absolute Gasteiger partial charge is 0.462 e. The molecule has 2 heterocycles. The van der Waals surface area contributed by atoms with Crippen LogP contribution in [0.5, 0.6) is 0 Å². The molecule has 0 bridgehead atoms. The Hall–Kier alpha value is -2.09. The normalized spacial score (nSPS) is 14.5. The number of aromatic amines is 2. The van der Waals surface area contributed by atoms with E-state index >= 15 is 0 Å². The van der Waals surface area contributed by atoms with E-state index in [1.165, 1.54) is 37.4 Å². The van der Waals surface area contributed by atoms with Crippen LogP contribution in [0.2, 0.25) is 0 Å². The lowest BCUT2D eigenvalue weighted by molar-refractivity contribution is 0.0522. The molecule has 3 rings (SSSR count). The van der Waals surface area contributed by atoms with E-state index in [2.05, 4.69) is 20.2 Å². The lowest BCUT2D eigenvalue weighted by atomic mass is 10.0. The zero-order valence-electron chi connectivity index (χ0n) is 16.8. The molecule has 0 saturated heterocycles. The number of rotatable bonds is 9. The Morgan fingerprint density at radius 2 is 1.89 bits per heavy atom. The number of aromatic nitrogens is 4. The molecule has 7 nitrogen and oxygen atoms in total. The van der Waals surface area contributed by atoms with Crippen LogP contribution < -0.4 is 0 Å². The fourth-order valence-electron chi connectivity index (χ4n) is 3.88. The second kappa shape index (κ2) is 9.41. The van der Waals surface area contributed by atoms with Gasteiger partial charge in [0.15, 0.2) is 5.78 Å². The van der Waals surface area contributed by atoms with Crippen molar-refractivity contribution in [1.29, 1.82) is 0 Å². The molecule has 1 saturated carbocycles. The second-order valence-corrected chi connectivity index (χ2v) is 8.25. The molecule has 0 unspecified atom stereocenters. The van der Waals surface area contributed by atoms with Crippen molar-refractivity contribution < 1.29 is 14.3 Å². The molecule has 0 radical (unpaired) electrons. The number of aryl methyl sites for hydroxylation is 3. The minimum absolute atomic E-state index is 0.132. The number of hydrogen-bond donors (Lipinski definition) is 2. The highest BCUT2D eigenvalue weighted by atomic mass is 32.2. The van der Waals surface area contributed by atoms with Crippen molar-refractivity contribution in [2.75, 3.05) is 12.4 Å². The van der Waals surface area contributed by atoms with Crippen LogP contribution in [0.25, 0.3) is 0 Å². The van der Waals surface area contributed by atoms with Crippen LogP contribution in [0, 0.1) is 19.8 Å². The molecule has 0 atom stereocenters. The third-order valence-electron chi connectivity index (χ3n) is 5.24. The minimum Gasteiger partial charge on any atom is -0.462 e. The number of nitrogens with one attached hydrogen (secondary N) is 2. The number of nitrogens with zero attached hydrogens (tertiary/aromatic N) is 2. The average Bonchev–Trinajstić information content (AvgIpc) is 3.38. The minimum atomic E-state index is -0.468. The summed E-state index contributed by atoms with van der Waals surface area (Å²) in [5.41, 5.74) is 2.06. The molecular formula is C20H28N4O3S. The Balaban J connectivity index is 1.59. The lowest BCUT2D eigenvalue weighted by Crippen LogP contribution is -2.13. The first-order chi connectivity index (χ1) is 13.5. The van der Waals surface area contributed by atoms with Crippen molar-refractivity contribution in [3.8, 4) is 0 Å². The summed E-state index contributed by atoms with van der Waals surface area (Å²) in [6.07, 6.45) is 7.37. The standard InChI is InChI=1S/C20H28N4O3S/c1-4-27-19(26)18-13(3)21-12(2)17(18)15(25)11-28-20-22-16(23-24-20)10-9-14-7-5-6-8-14/h14,21H,4-11H2,1-3H3,(H,22,23,24). The molecule has 0 spiro atoms. The maximum Gasteiger partial charge on any atom is 0.340 e. The fourth-order valence-corrected chi connectivity index (χ4v) is 4.57. The zero-order valence-corrected chi connectivity index (χ0v) is 17.6. The van der Waals surface area contributed by atoms with Gasteiger partial charge in [-0.15, -0.1) is 5.10 Å². The van der Waals surface area contributed by atoms with Crippen LogP contribution in [-0.2, 0) is 11.2 Å². The van der Waals surface area contributed by atoms with E-state index < -0.39 is 5.97 Å². The van der Waals surface area contributed by atoms with E-state index in [9.17, 15) is 9.59 Å². The number of thioether (sulfide) groups is 1. The van der Waals surface area contributed by atoms with Gasteiger partial charge in [0.25, 0.3) is 0 Å². The first-order valence-corrected chi connectivity index (χ1v) is 10.9. The Bertz CT molecular complexity index is 837. The van der Waals surface area contributed by atoms with E-state index in [4.69, 9.17) is 4.74 Å². The van der Waals surface area contributed by atoms with Gasteiger partial charge in [0.1, 0.15) is 5.82 Å². The number of carbonyl (C=O) groups is 2. The topological polar surface area (TPSA) is 101 Å². The number of H-pyrrole nitrogens is 2. The van der Waals surface area contributed by atoms with Gasteiger partial charge in [-0.05, 0) is 33.1 Å². The molecule has 2 N–H and O–H groups in total. The Labute approximate surface area is 169 Å². The third kappa shape index (κ3) is 4.84. The van der Waals surface area contributed by atoms with E-state index in [-0.39, 0.29) is 18.1 Å². The van der Waals surface area contributed by atoms with E-state index in [1.807, 2.05) is 0 Å². The SMILES string of the molecule is CCOC(=O)c1c(C)[nH]c(C)c1C(=O)CSc1n[nH]c(CCC2CCCC2)n1. The number of esters is 1. The molecule has 2 aromatic heterocycles. The first-order valence-electron chi connectivity index (χ1n) is 9.93. The van der Waals surface area contributed by atoms with Gasteiger partial charge in [-0.2, -0.15) is 0 Å². The maximum atomic E-state index is 12.8. The summed E-state index contributed by atoms with van der Waals surface area (Å²) in [6.45, 7) is 5.58. The highest BCUT2D eigenvalue weighted by Gasteiger charge is 2.25. The van der Waals surface area contributed by atoms with Crippen molar-refractivity contribution in [3.05, 3.63) is 28.3 Å². The fraction of sp³-hybridized carbons (Fsp3) is 0.600.